The summed E-state index contributed by atoms with van der Waals surface area (Å²) in [6, 6.07) is 7.02. The summed E-state index contributed by atoms with van der Waals surface area (Å²) in [6.45, 7) is 4.67. The minimum absolute atomic E-state index is 0.00140. The topological polar surface area (TPSA) is 26.3 Å². The van der Waals surface area contributed by atoms with E-state index in [9.17, 15) is 4.79 Å². The molecule has 0 amide bonds. The van der Waals surface area contributed by atoms with E-state index in [0.717, 1.165) is 6.42 Å². The van der Waals surface area contributed by atoms with Crippen molar-refractivity contribution >= 4 is 17.4 Å². The fraction of sp³-hybridized carbons (Fsp3) is 0.588. The van der Waals surface area contributed by atoms with E-state index >= 15 is 0 Å². The highest BCUT2D eigenvalue weighted by Crippen LogP contribution is 2.14. The number of carbonyl (C=O) groups is 1. The number of rotatable bonds is 10. The number of unbranched alkanes of at least 4 members (excludes halogenated alkanes) is 5. The van der Waals surface area contributed by atoms with Gasteiger partial charge < -0.3 is 4.74 Å². The Bertz CT molecular complexity index is 404. The van der Waals surface area contributed by atoms with E-state index in [1.54, 1.807) is 31.2 Å². The molecule has 0 aliphatic rings. The van der Waals surface area contributed by atoms with Crippen molar-refractivity contribution in [3.8, 4) is 0 Å². The van der Waals surface area contributed by atoms with Crippen molar-refractivity contribution in [1.29, 1.82) is 0 Å². The molecule has 1 aromatic carbocycles. The molecular formula is C17H25ClO2. The third-order valence-electron chi connectivity index (χ3n) is 3.34. The second-order valence-electron chi connectivity index (χ2n) is 5.16. The molecule has 1 aromatic rings. The zero-order valence-electron chi connectivity index (χ0n) is 12.5. The van der Waals surface area contributed by atoms with Gasteiger partial charge in [0.15, 0.2) is 5.78 Å². The van der Waals surface area contributed by atoms with Gasteiger partial charge in [-0.3, -0.25) is 4.79 Å². The Morgan fingerprint density at radius 2 is 1.90 bits per heavy atom. The van der Waals surface area contributed by atoms with Crippen molar-refractivity contribution in [2.24, 2.45) is 0 Å². The van der Waals surface area contributed by atoms with Gasteiger partial charge in [-0.15, -0.1) is 0 Å². The number of ether oxygens (including phenoxy) is 1. The Labute approximate surface area is 127 Å². The summed E-state index contributed by atoms with van der Waals surface area (Å²) in [7, 11) is 0. The Morgan fingerprint density at radius 1 is 1.20 bits per heavy atom. The average molecular weight is 297 g/mol. The van der Waals surface area contributed by atoms with E-state index in [1.807, 2.05) is 0 Å². The van der Waals surface area contributed by atoms with Crippen molar-refractivity contribution in [2.45, 2.75) is 58.5 Å². The standard InChI is InChI=1S/C17H25ClO2/c1-3-4-5-6-7-8-12-20-14(2)17(19)15-10-9-11-16(18)13-15/h9-11,13-14H,3-8,12H2,1-2H3. The molecule has 0 saturated carbocycles. The lowest BCUT2D eigenvalue weighted by molar-refractivity contribution is 0.0464. The van der Waals surface area contributed by atoms with Gasteiger partial charge in [0.2, 0.25) is 0 Å². The molecule has 0 spiro atoms. The third kappa shape index (κ3) is 6.53. The fourth-order valence-corrected chi connectivity index (χ4v) is 2.28. The molecule has 1 unspecified atom stereocenters. The summed E-state index contributed by atoms with van der Waals surface area (Å²) in [5, 5.41) is 0.582. The van der Waals surface area contributed by atoms with E-state index in [1.165, 1.54) is 32.1 Å². The minimum Gasteiger partial charge on any atom is -0.370 e. The van der Waals surface area contributed by atoms with E-state index in [-0.39, 0.29) is 5.78 Å². The molecule has 3 heteroatoms. The van der Waals surface area contributed by atoms with Crippen LogP contribution in [0.15, 0.2) is 24.3 Å². The largest absolute Gasteiger partial charge is 0.370 e. The number of carbonyl (C=O) groups excluding carboxylic acids is 1. The molecule has 0 saturated heterocycles. The Kier molecular flexibility index (Phi) is 8.56. The van der Waals surface area contributed by atoms with Gasteiger partial charge >= 0.3 is 0 Å². The second-order valence-corrected chi connectivity index (χ2v) is 5.59. The predicted molar refractivity (Wildman–Crippen MR) is 84.6 cm³/mol. The van der Waals surface area contributed by atoms with Gasteiger partial charge in [-0.1, -0.05) is 62.8 Å². The van der Waals surface area contributed by atoms with Gasteiger partial charge in [0.25, 0.3) is 0 Å². The van der Waals surface area contributed by atoms with E-state index in [0.29, 0.717) is 17.2 Å². The van der Waals surface area contributed by atoms with Crippen molar-refractivity contribution in [1.82, 2.24) is 0 Å². The molecule has 0 aromatic heterocycles. The molecule has 0 aliphatic carbocycles. The van der Waals surface area contributed by atoms with Gasteiger partial charge in [0.05, 0.1) is 0 Å². The van der Waals surface area contributed by atoms with Crippen LogP contribution in [0, 0.1) is 0 Å². The fourth-order valence-electron chi connectivity index (χ4n) is 2.09. The predicted octanol–water partition coefficient (Wildman–Crippen LogP) is 5.29. The van der Waals surface area contributed by atoms with Crippen LogP contribution in [0.5, 0.6) is 0 Å². The molecule has 0 radical (unpaired) electrons. The summed E-state index contributed by atoms with van der Waals surface area (Å²) in [4.78, 5) is 12.1. The minimum atomic E-state index is -0.399. The Morgan fingerprint density at radius 3 is 2.60 bits per heavy atom. The summed E-state index contributed by atoms with van der Waals surface area (Å²) in [5.74, 6) is -0.00140. The van der Waals surface area contributed by atoms with Gasteiger partial charge in [-0.25, -0.2) is 0 Å². The molecule has 2 nitrogen and oxygen atoms in total. The van der Waals surface area contributed by atoms with Crippen molar-refractivity contribution < 1.29 is 9.53 Å². The van der Waals surface area contributed by atoms with Gasteiger partial charge in [-0.2, -0.15) is 0 Å². The third-order valence-corrected chi connectivity index (χ3v) is 3.58. The lowest BCUT2D eigenvalue weighted by atomic mass is 10.1. The molecule has 20 heavy (non-hydrogen) atoms. The van der Waals surface area contributed by atoms with Crippen LogP contribution in [0.4, 0.5) is 0 Å². The molecule has 0 fully saturated rings. The number of hydrogen-bond acceptors (Lipinski definition) is 2. The highest BCUT2D eigenvalue weighted by molar-refractivity contribution is 6.31. The number of halogens is 1. The van der Waals surface area contributed by atoms with Crippen LogP contribution in [-0.4, -0.2) is 18.5 Å². The molecule has 0 heterocycles. The molecule has 0 aliphatic heterocycles. The summed E-state index contributed by atoms with van der Waals surface area (Å²) in [5.41, 5.74) is 0.618. The van der Waals surface area contributed by atoms with Gasteiger partial charge in [-0.05, 0) is 25.5 Å². The first-order valence-electron chi connectivity index (χ1n) is 7.56. The highest BCUT2D eigenvalue weighted by atomic mass is 35.5. The SMILES string of the molecule is CCCCCCCCOC(C)C(=O)c1cccc(Cl)c1. The molecule has 112 valence electrons. The maximum absolute atomic E-state index is 12.1. The van der Waals surface area contributed by atoms with Crippen LogP contribution in [0.3, 0.4) is 0 Å². The first-order chi connectivity index (χ1) is 9.65. The summed E-state index contributed by atoms with van der Waals surface area (Å²) in [6.07, 6.45) is 6.94. The van der Waals surface area contributed by atoms with E-state index < -0.39 is 6.10 Å². The van der Waals surface area contributed by atoms with Crippen LogP contribution in [0.25, 0.3) is 0 Å². The lowest BCUT2D eigenvalue weighted by Crippen LogP contribution is -2.21. The summed E-state index contributed by atoms with van der Waals surface area (Å²) < 4.78 is 5.61. The first kappa shape index (κ1) is 17.2. The number of ketones is 1. The normalized spacial score (nSPS) is 12.3. The van der Waals surface area contributed by atoms with E-state index in [4.69, 9.17) is 16.3 Å². The second kappa shape index (κ2) is 9.95. The van der Waals surface area contributed by atoms with E-state index in [2.05, 4.69) is 6.92 Å². The van der Waals surface area contributed by atoms with Crippen LogP contribution in [-0.2, 0) is 4.74 Å². The Hall–Kier alpha value is -0.860. The van der Waals surface area contributed by atoms with Crippen LogP contribution < -0.4 is 0 Å². The maximum Gasteiger partial charge on any atom is 0.191 e. The number of benzene rings is 1. The van der Waals surface area contributed by atoms with Crippen LogP contribution in [0.1, 0.15) is 62.7 Å². The smallest absolute Gasteiger partial charge is 0.191 e. The molecule has 1 rings (SSSR count). The Balaban J connectivity index is 2.22. The molecule has 0 N–H and O–H groups in total. The molecule has 0 bridgehead atoms. The van der Waals surface area contributed by atoms with Gasteiger partial charge in [0, 0.05) is 17.2 Å². The zero-order valence-corrected chi connectivity index (χ0v) is 13.3. The van der Waals surface area contributed by atoms with Crippen molar-refractivity contribution in [3.05, 3.63) is 34.9 Å². The first-order valence-corrected chi connectivity index (χ1v) is 7.94. The average Bonchev–Trinajstić information content (AvgIpc) is 2.45. The quantitative estimate of drug-likeness (QED) is 0.433. The highest BCUT2D eigenvalue weighted by Gasteiger charge is 2.15. The van der Waals surface area contributed by atoms with Crippen molar-refractivity contribution in [2.75, 3.05) is 6.61 Å². The van der Waals surface area contributed by atoms with Gasteiger partial charge in [0.1, 0.15) is 6.10 Å². The monoisotopic (exact) mass is 296 g/mol. The molecule has 1 atom stereocenters. The lowest BCUT2D eigenvalue weighted by Gasteiger charge is -2.12. The van der Waals surface area contributed by atoms with Crippen molar-refractivity contribution in [3.63, 3.8) is 0 Å². The molecular weight excluding hydrogens is 272 g/mol. The maximum atomic E-state index is 12.1. The summed E-state index contributed by atoms with van der Waals surface area (Å²) >= 11 is 5.89. The van der Waals surface area contributed by atoms with Crippen LogP contribution in [0.2, 0.25) is 5.02 Å². The zero-order chi connectivity index (χ0) is 14.8. The number of Topliss-reactive ketones (excluding diaryl/α,β-unsaturated/α-hetero) is 1. The van der Waals surface area contributed by atoms with Crippen LogP contribution >= 0.6 is 11.6 Å². The number of hydrogen-bond donors (Lipinski definition) is 0.